The first-order chi connectivity index (χ1) is 29.2. The molecule has 2 aromatic heterocycles. The Morgan fingerprint density at radius 2 is 0.831 bits per heavy atom. The zero-order chi connectivity index (χ0) is 38.9. The highest BCUT2D eigenvalue weighted by atomic mass is 15.0. The van der Waals surface area contributed by atoms with Gasteiger partial charge >= 0.3 is 0 Å². The standard InChI is InChI=1S/C54H39N5/c1-4-13-34(14-5-1)47-31-48(56-50(55-47)37-23-25-42(26-24-37)54-32-40-30-41(33-54)49(40)54)46-28-27-43(44-21-10-11-22-45(44)46)38-19-12-20-39(29-38)53-58-51(35-15-6-2-7-16-35)57-52(59-53)36-17-8-3-9-18-36/h1-29,31,40-41,49H,30,32-33H2. The maximum absolute atomic E-state index is 5.31. The molecule has 0 bridgehead atoms. The average Bonchev–Trinajstić information content (AvgIpc) is 3.31. The molecule has 12 rings (SSSR count). The molecule has 0 amide bonds. The Kier molecular flexibility index (Phi) is 7.77. The average molecular weight is 758 g/mol. The number of hydrogen-bond acceptors (Lipinski definition) is 5. The van der Waals surface area contributed by atoms with E-state index in [2.05, 4.69) is 121 Å². The second-order valence-corrected chi connectivity index (χ2v) is 16.6. The molecule has 3 saturated carbocycles. The van der Waals surface area contributed by atoms with E-state index in [0.29, 0.717) is 22.9 Å². The van der Waals surface area contributed by atoms with E-state index in [0.717, 1.165) is 90.2 Å². The minimum absolute atomic E-state index is 0.436. The van der Waals surface area contributed by atoms with Gasteiger partial charge in [0, 0.05) is 33.4 Å². The van der Waals surface area contributed by atoms with Gasteiger partial charge < -0.3 is 0 Å². The summed E-state index contributed by atoms with van der Waals surface area (Å²) in [4.78, 5) is 25.4. The SMILES string of the molecule is c1ccc(-c2cc(-c3ccc(-c4cccc(-c5nc(-c6ccccc6)nc(-c6ccccc6)n5)c4)c4ccccc34)nc(-c3ccc(C45CC6CC(C4)C65)cc3)n2)cc1. The number of benzene rings is 7. The third-order valence-corrected chi connectivity index (χ3v) is 13.4. The molecular weight excluding hydrogens is 719 g/mol. The van der Waals surface area contributed by atoms with Crippen LogP contribution >= 0.6 is 0 Å². The molecular formula is C54H39N5. The Morgan fingerprint density at radius 1 is 0.356 bits per heavy atom. The van der Waals surface area contributed by atoms with E-state index in [1.54, 1.807) is 0 Å². The molecule has 280 valence electrons. The van der Waals surface area contributed by atoms with Crippen LogP contribution in [0.3, 0.4) is 0 Å². The Labute approximate surface area is 343 Å². The van der Waals surface area contributed by atoms with Gasteiger partial charge in [0.25, 0.3) is 0 Å². The highest BCUT2D eigenvalue weighted by Gasteiger charge is 2.71. The Morgan fingerprint density at radius 3 is 1.44 bits per heavy atom. The molecule has 3 fully saturated rings. The Bertz CT molecular complexity index is 2970. The van der Waals surface area contributed by atoms with Gasteiger partial charge in [-0.2, -0.15) is 0 Å². The second kappa shape index (κ2) is 13.5. The van der Waals surface area contributed by atoms with Crippen molar-refractivity contribution < 1.29 is 0 Å². The summed E-state index contributed by atoms with van der Waals surface area (Å²) in [5, 5.41) is 2.28. The molecule has 2 heterocycles. The van der Waals surface area contributed by atoms with Crippen LogP contribution in [-0.2, 0) is 5.41 Å². The van der Waals surface area contributed by atoms with Gasteiger partial charge in [-0.05, 0) is 82.0 Å². The largest absolute Gasteiger partial charge is 0.228 e. The van der Waals surface area contributed by atoms with E-state index in [9.17, 15) is 0 Å². The topological polar surface area (TPSA) is 64.5 Å². The van der Waals surface area contributed by atoms with Gasteiger partial charge in [0.2, 0.25) is 0 Å². The third kappa shape index (κ3) is 5.64. The molecule has 3 aliphatic carbocycles. The number of hydrogen-bond donors (Lipinski definition) is 0. The quantitative estimate of drug-likeness (QED) is 0.154. The first-order valence-electron chi connectivity index (χ1n) is 20.7. The molecule has 0 spiro atoms. The van der Waals surface area contributed by atoms with Gasteiger partial charge in [0.05, 0.1) is 11.4 Å². The molecule has 0 radical (unpaired) electrons. The minimum atomic E-state index is 0.436. The van der Waals surface area contributed by atoms with Crippen molar-refractivity contribution in [3.05, 3.63) is 188 Å². The summed E-state index contributed by atoms with van der Waals surface area (Å²) >= 11 is 0. The Hall–Kier alpha value is -7.11. The van der Waals surface area contributed by atoms with E-state index >= 15 is 0 Å². The lowest BCUT2D eigenvalue weighted by Gasteiger charge is -2.76. The molecule has 0 aliphatic heterocycles. The fourth-order valence-electron chi connectivity index (χ4n) is 10.6. The lowest BCUT2D eigenvalue weighted by atomic mass is 9.28. The normalized spacial score (nSPS) is 19.9. The van der Waals surface area contributed by atoms with Gasteiger partial charge in [-0.3, -0.25) is 0 Å². The zero-order valence-corrected chi connectivity index (χ0v) is 32.4. The maximum atomic E-state index is 5.31. The van der Waals surface area contributed by atoms with Crippen LogP contribution in [0.1, 0.15) is 24.8 Å². The molecule has 5 nitrogen and oxygen atoms in total. The Balaban J connectivity index is 0.947. The van der Waals surface area contributed by atoms with Crippen molar-refractivity contribution in [2.45, 2.75) is 24.7 Å². The van der Waals surface area contributed by atoms with E-state index in [-0.39, 0.29) is 0 Å². The fraction of sp³-hybridized carbons (Fsp3) is 0.130. The van der Waals surface area contributed by atoms with Crippen molar-refractivity contribution >= 4 is 10.8 Å². The van der Waals surface area contributed by atoms with Crippen LogP contribution in [0.2, 0.25) is 0 Å². The van der Waals surface area contributed by atoms with Gasteiger partial charge in [0.15, 0.2) is 23.3 Å². The number of rotatable bonds is 8. The molecule has 2 atom stereocenters. The summed E-state index contributed by atoms with van der Waals surface area (Å²) in [5.74, 6) is 5.55. The number of nitrogens with zero attached hydrogens (tertiary/aromatic N) is 5. The minimum Gasteiger partial charge on any atom is -0.228 e. The van der Waals surface area contributed by atoms with Crippen molar-refractivity contribution in [3.8, 4) is 79.2 Å². The van der Waals surface area contributed by atoms with Crippen LogP contribution < -0.4 is 0 Å². The summed E-state index contributed by atoms with van der Waals surface area (Å²) in [6, 6.07) is 63.7. The molecule has 3 aliphatic rings. The first kappa shape index (κ1) is 34.0. The van der Waals surface area contributed by atoms with E-state index < -0.39 is 0 Å². The van der Waals surface area contributed by atoms with Gasteiger partial charge in [0.1, 0.15) is 0 Å². The van der Waals surface area contributed by atoms with E-state index in [4.69, 9.17) is 24.9 Å². The van der Waals surface area contributed by atoms with Gasteiger partial charge in [-0.15, -0.1) is 0 Å². The van der Waals surface area contributed by atoms with Crippen molar-refractivity contribution in [2.75, 3.05) is 0 Å². The van der Waals surface area contributed by atoms with Crippen molar-refractivity contribution in [1.82, 2.24) is 24.9 Å². The fourth-order valence-corrected chi connectivity index (χ4v) is 10.6. The van der Waals surface area contributed by atoms with Crippen LogP contribution in [0, 0.1) is 17.8 Å². The lowest BCUT2D eigenvalue weighted by Crippen LogP contribution is -2.71. The van der Waals surface area contributed by atoms with Crippen LogP contribution in [-0.4, -0.2) is 24.9 Å². The van der Waals surface area contributed by atoms with E-state index in [1.807, 2.05) is 60.7 Å². The van der Waals surface area contributed by atoms with Crippen molar-refractivity contribution in [3.63, 3.8) is 0 Å². The van der Waals surface area contributed by atoms with Gasteiger partial charge in [-0.1, -0.05) is 170 Å². The predicted octanol–water partition coefficient (Wildman–Crippen LogP) is 12.8. The molecule has 0 N–H and O–H groups in total. The lowest BCUT2D eigenvalue weighted by molar-refractivity contribution is -0.219. The summed E-state index contributed by atoms with van der Waals surface area (Å²) in [6.45, 7) is 0. The van der Waals surface area contributed by atoms with E-state index in [1.165, 1.54) is 24.8 Å². The molecule has 59 heavy (non-hydrogen) atoms. The molecule has 2 unspecified atom stereocenters. The predicted molar refractivity (Wildman–Crippen MR) is 237 cm³/mol. The van der Waals surface area contributed by atoms with Crippen molar-refractivity contribution in [2.24, 2.45) is 17.8 Å². The first-order valence-corrected chi connectivity index (χ1v) is 20.7. The second-order valence-electron chi connectivity index (χ2n) is 16.6. The van der Waals surface area contributed by atoms with Crippen LogP contribution in [0.25, 0.3) is 90.0 Å². The summed E-state index contributed by atoms with van der Waals surface area (Å²) in [7, 11) is 0. The number of fused-ring (bicyclic) bond motifs is 1. The van der Waals surface area contributed by atoms with Crippen molar-refractivity contribution in [1.29, 1.82) is 0 Å². The maximum Gasteiger partial charge on any atom is 0.164 e. The van der Waals surface area contributed by atoms with Gasteiger partial charge in [-0.25, -0.2) is 24.9 Å². The summed E-state index contributed by atoms with van der Waals surface area (Å²) in [5.41, 5.74) is 12.0. The molecule has 0 saturated heterocycles. The smallest absolute Gasteiger partial charge is 0.164 e. The van der Waals surface area contributed by atoms with Crippen LogP contribution in [0.4, 0.5) is 0 Å². The zero-order valence-electron chi connectivity index (χ0n) is 32.4. The third-order valence-electron chi connectivity index (χ3n) is 13.4. The highest BCUT2D eigenvalue weighted by Crippen LogP contribution is 2.77. The van der Waals surface area contributed by atoms with Crippen LogP contribution in [0.5, 0.6) is 0 Å². The highest BCUT2D eigenvalue weighted by molar-refractivity contribution is 6.05. The number of aromatic nitrogens is 5. The molecule has 7 aromatic carbocycles. The summed E-state index contributed by atoms with van der Waals surface area (Å²) < 4.78 is 0. The summed E-state index contributed by atoms with van der Waals surface area (Å²) in [6.07, 6.45) is 4.20. The molecule has 9 aromatic rings. The van der Waals surface area contributed by atoms with Crippen LogP contribution in [0.15, 0.2) is 182 Å². The molecule has 5 heteroatoms. The monoisotopic (exact) mass is 757 g/mol.